The molecule has 1 N–H and O–H groups in total. The van der Waals surface area contributed by atoms with Gasteiger partial charge in [-0.05, 0) is 42.5 Å². The van der Waals surface area contributed by atoms with Crippen molar-refractivity contribution in [1.82, 2.24) is 24.5 Å². The number of aromatic nitrogens is 5. The molecule has 0 spiro atoms. The van der Waals surface area contributed by atoms with Gasteiger partial charge in [0.2, 0.25) is 0 Å². The molecule has 7 heteroatoms. The van der Waals surface area contributed by atoms with E-state index < -0.39 is 0 Å². The summed E-state index contributed by atoms with van der Waals surface area (Å²) in [6.45, 7) is 0. The minimum atomic E-state index is -0.239. The predicted molar refractivity (Wildman–Crippen MR) is 118 cm³/mol. The van der Waals surface area contributed by atoms with Crippen LogP contribution in [0, 0.1) is 0 Å². The highest BCUT2D eigenvalue weighted by molar-refractivity contribution is 6.05. The maximum absolute atomic E-state index is 13.0. The Morgan fingerprint density at radius 2 is 1.71 bits per heavy atom. The van der Waals surface area contributed by atoms with Crippen molar-refractivity contribution >= 4 is 11.6 Å². The average Bonchev–Trinajstić information content (AvgIpc) is 3.53. The number of pyridine rings is 1. The number of benzene rings is 2. The van der Waals surface area contributed by atoms with Gasteiger partial charge in [0.1, 0.15) is 0 Å². The van der Waals surface area contributed by atoms with Crippen LogP contribution in [0.25, 0.3) is 22.8 Å². The van der Waals surface area contributed by atoms with Gasteiger partial charge in [-0.1, -0.05) is 36.4 Å². The Bertz CT molecular complexity index is 1330. The Kier molecular flexibility index (Phi) is 4.82. The van der Waals surface area contributed by atoms with Gasteiger partial charge < -0.3 is 5.32 Å². The summed E-state index contributed by atoms with van der Waals surface area (Å²) in [5, 5.41) is 11.6. The summed E-state index contributed by atoms with van der Waals surface area (Å²) in [7, 11) is 0. The summed E-state index contributed by atoms with van der Waals surface area (Å²) < 4.78 is 3.44. The average molecular weight is 406 g/mol. The number of amides is 1. The molecule has 0 aliphatic rings. The third-order valence-corrected chi connectivity index (χ3v) is 4.82. The topological polar surface area (TPSA) is 77.6 Å². The Morgan fingerprint density at radius 3 is 2.55 bits per heavy atom. The highest BCUT2D eigenvalue weighted by Crippen LogP contribution is 2.23. The van der Waals surface area contributed by atoms with Crippen molar-refractivity contribution in [3.8, 4) is 22.8 Å². The van der Waals surface area contributed by atoms with Crippen molar-refractivity contribution in [2.45, 2.75) is 0 Å². The van der Waals surface area contributed by atoms with E-state index in [9.17, 15) is 4.79 Å². The summed E-state index contributed by atoms with van der Waals surface area (Å²) in [5.74, 6) is 0.312. The van der Waals surface area contributed by atoms with Gasteiger partial charge in [0, 0.05) is 29.7 Å². The monoisotopic (exact) mass is 406 g/mol. The quantitative estimate of drug-likeness (QED) is 0.470. The molecule has 0 bridgehead atoms. The fraction of sp³-hybridized carbons (Fsp3) is 0. The van der Waals surface area contributed by atoms with Crippen LogP contribution < -0.4 is 5.32 Å². The molecule has 1 amide bonds. The van der Waals surface area contributed by atoms with Crippen molar-refractivity contribution < 1.29 is 4.79 Å². The standard InChI is InChI=1S/C24H18N6O/c31-24(28-21-11-5-13-25-23(21)29-16-6-14-26-29)19-9-4-10-20(17-19)30-22(12-15-27-30)18-7-2-1-3-8-18/h1-17H,(H,28,31). The van der Waals surface area contributed by atoms with E-state index >= 15 is 0 Å². The van der Waals surface area contributed by atoms with Gasteiger partial charge in [-0.25, -0.2) is 14.3 Å². The first kappa shape index (κ1) is 18.5. The van der Waals surface area contributed by atoms with Crippen molar-refractivity contribution in [2.24, 2.45) is 0 Å². The van der Waals surface area contributed by atoms with Crippen LogP contribution in [-0.4, -0.2) is 30.5 Å². The first-order valence-corrected chi connectivity index (χ1v) is 9.76. The molecule has 5 aromatic rings. The molecule has 0 radical (unpaired) electrons. The lowest BCUT2D eigenvalue weighted by Gasteiger charge is -2.12. The van der Waals surface area contributed by atoms with Gasteiger partial charge in [-0.2, -0.15) is 10.2 Å². The van der Waals surface area contributed by atoms with Gasteiger partial charge >= 0.3 is 0 Å². The van der Waals surface area contributed by atoms with Crippen LogP contribution in [-0.2, 0) is 0 Å². The van der Waals surface area contributed by atoms with E-state index in [2.05, 4.69) is 20.5 Å². The smallest absolute Gasteiger partial charge is 0.255 e. The molecule has 0 atom stereocenters. The Balaban J connectivity index is 1.45. The fourth-order valence-corrected chi connectivity index (χ4v) is 3.38. The van der Waals surface area contributed by atoms with E-state index in [0.717, 1.165) is 16.9 Å². The second-order valence-corrected chi connectivity index (χ2v) is 6.82. The third kappa shape index (κ3) is 3.72. The molecule has 0 aliphatic carbocycles. The minimum absolute atomic E-state index is 0.239. The molecule has 0 fully saturated rings. The van der Waals surface area contributed by atoms with Crippen LogP contribution in [0.4, 0.5) is 5.69 Å². The van der Waals surface area contributed by atoms with Gasteiger partial charge in [0.05, 0.1) is 23.3 Å². The minimum Gasteiger partial charge on any atom is -0.319 e. The molecule has 7 nitrogen and oxygen atoms in total. The lowest BCUT2D eigenvalue weighted by molar-refractivity contribution is 0.102. The molecule has 2 aromatic carbocycles. The number of carbonyl (C=O) groups is 1. The van der Waals surface area contributed by atoms with Crippen LogP contribution in [0.1, 0.15) is 10.4 Å². The van der Waals surface area contributed by atoms with Crippen LogP contribution in [0.3, 0.4) is 0 Å². The largest absolute Gasteiger partial charge is 0.319 e. The number of hydrogen-bond acceptors (Lipinski definition) is 4. The predicted octanol–water partition coefficient (Wildman–Crippen LogP) is 4.37. The first-order chi connectivity index (χ1) is 15.3. The summed E-state index contributed by atoms with van der Waals surface area (Å²) in [6, 6.07) is 24.7. The fourth-order valence-electron chi connectivity index (χ4n) is 3.38. The number of nitrogens with one attached hydrogen (secondary N) is 1. The highest BCUT2D eigenvalue weighted by Gasteiger charge is 2.13. The van der Waals surface area contributed by atoms with Crippen LogP contribution in [0.15, 0.2) is 104 Å². The Morgan fingerprint density at radius 1 is 0.806 bits per heavy atom. The molecular formula is C24H18N6O. The third-order valence-electron chi connectivity index (χ3n) is 4.82. The maximum Gasteiger partial charge on any atom is 0.255 e. The molecule has 0 saturated heterocycles. The first-order valence-electron chi connectivity index (χ1n) is 9.76. The number of rotatable bonds is 5. The van der Waals surface area contributed by atoms with Gasteiger partial charge in [-0.3, -0.25) is 4.79 Å². The summed E-state index contributed by atoms with van der Waals surface area (Å²) in [5.41, 5.74) is 3.89. The molecule has 150 valence electrons. The number of anilines is 1. The highest BCUT2D eigenvalue weighted by atomic mass is 16.1. The molecular weight excluding hydrogens is 388 g/mol. The molecule has 0 saturated carbocycles. The van der Waals surface area contributed by atoms with Gasteiger partial charge in [0.15, 0.2) is 5.82 Å². The van der Waals surface area contributed by atoms with Gasteiger partial charge in [-0.15, -0.1) is 0 Å². The molecule has 5 rings (SSSR count). The lowest BCUT2D eigenvalue weighted by Crippen LogP contribution is -2.15. The van der Waals surface area contributed by atoms with E-state index in [0.29, 0.717) is 17.1 Å². The molecule has 31 heavy (non-hydrogen) atoms. The number of hydrogen-bond donors (Lipinski definition) is 1. The van der Waals surface area contributed by atoms with Crippen molar-refractivity contribution in [3.63, 3.8) is 0 Å². The summed E-state index contributed by atoms with van der Waals surface area (Å²) in [4.78, 5) is 17.4. The van der Waals surface area contributed by atoms with Crippen LogP contribution in [0.5, 0.6) is 0 Å². The van der Waals surface area contributed by atoms with E-state index in [1.54, 1.807) is 53.7 Å². The molecule has 3 heterocycles. The normalized spacial score (nSPS) is 10.7. The summed E-state index contributed by atoms with van der Waals surface area (Å²) in [6.07, 6.45) is 6.86. The second kappa shape index (κ2) is 8.08. The second-order valence-electron chi connectivity index (χ2n) is 6.82. The summed E-state index contributed by atoms with van der Waals surface area (Å²) >= 11 is 0. The SMILES string of the molecule is O=C(Nc1cccnc1-n1cccn1)c1cccc(-n2nccc2-c2ccccc2)c1. The van der Waals surface area contributed by atoms with Crippen LogP contribution in [0.2, 0.25) is 0 Å². The zero-order valence-corrected chi connectivity index (χ0v) is 16.5. The molecule has 0 aliphatic heterocycles. The van der Waals surface area contributed by atoms with E-state index in [4.69, 9.17) is 0 Å². The van der Waals surface area contributed by atoms with E-state index in [1.165, 1.54) is 0 Å². The van der Waals surface area contributed by atoms with Crippen molar-refractivity contribution in [2.75, 3.05) is 5.32 Å². The lowest BCUT2D eigenvalue weighted by atomic mass is 10.1. The van der Waals surface area contributed by atoms with Crippen LogP contribution >= 0.6 is 0 Å². The van der Waals surface area contributed by atoms with Crippen molar-refractivity contribution in [1.29, 1.82) is 0 Å². The number of carbonyl (C=O) groups excluding carboxylic acids is 1. The molecule has 0 unspecified atom stereocenters. The molecule has 3 aromatic heterocycles. The zero-order valence-electron chi connectivity index (χ0n) is 16.5. The zero-order chi connectivity index (χ0) is 21.0. The maximum atomic E-state index is 13.0. The Labute approximate surface area is 178 Å². The van der Waals surface area contributed by atoms with Gasteiger partial charge in [0.25, 0.3) is 5.91 Å². The Hall–Kier alpha value is -4.52. The number of nitrogens with zero attached hydrogens (tertiary/aromatic N) is 5. The van der Waals surface area contributed by atoms with Crippen molar-refractivity contribution in [3.05, 3.63) is 109 Å². The van der Waals surface area contributed by atoms with E-state index in [-0.39, 0.29) is 5.91 Å². The van der Waals surface area contributed by atoms with E-state index in [1.807, 2.05) is 59.3 Å².